The van der Waals surface area contributed by atoms with E-state index in [4.69, 9.17) is 18.9 Å². The van der Waals surface area contributed by atoms with Crippen LogP contribution in [0.2, 0.25) is 0 Å². The van der Waals surface area contributed by atoms with Crippen LogP contribution in [-0.4, -0.2) is 29.4 Å². The van der Waals surface area contributed by atoms with E-state index < -0.39 is 21.9 Å². The Balaban J connectivity index is 1.88. The van der Waals surface area contributed by atoms with Crippen LogP contribution >= 0.6 is 0 Å². The van der Waals surface area contributed by atoms with Crippen LogP contribution in [0.3, 0.4) is 0 Å². The van der Waals surface area contributed by atoms with Crippen LogP contribution in [-0.2, 0) is 10.0 Å². The second kappa shape index (κ2) is 8.82. The predicted octanol–water partition coefficient (Wildman–Crippen LogP) is 4.84. The average Bonchev–Trinajstić information content (AvgIpc) is 3.26. The highest BCUT2D eigenvalue weighted by molar-refractivity contribution is 7.92. The average molecular weight is 474 g/mol. The third-order valence-electron chi connectivity index (χ3n) is 5.53. The summed E-state index contributed by atoms with van der Waals surface area (Å²) in [6, 6.07) is 13.1. The molecule has 1 aliphatic rings. The van der Waals surface area contributed by atoms with Crippen molar-refractivity contribution in [3.05, 3.63) is 71.5 Å². The topological polar surface area (TPSA) is 74.3 Å². The Morgan fingerprint density at radius 2 is 1.67 bits per heavy atom. The van der Waals surface area contributed by atoms with Crippen molar-refractivity contribution in [3.8, 4) is 23.0 Å². The third kappa shape index (κ3) is 4.16. The van der Waals surface area contributed by atoms with Crippen LogP contribution in [0, 0.1) is 12.7 Å². The van der Waals surface area contributed by atoms with Crippen LogP contribution in [0.25, 0.3) is 0 Å². The molecule has 0 N–H and O–H groups in total. The Bertz CT molecular complexity index is 1290. The highest BCUT2D eigenvalue weighted by atomic mass is 32.2. The number of hydrogen-bond donors (Lipinski definition) is 0. The minimum atomic E-state index is -4.10. The molecule has 1 aliphatic heterocycles. The number of aryl methyl sites for hydroxylation is 1. The Morgan fingerprint density at radius 1 is 0.939 bits per heavy atom. The number of benzene rings is 3. The summed E-state index contributed by atoms with van der Waals surface area (Å²) in [5.41, 5.74) is 1.36. The maximum Gasteiger partial charge on any atom is 0.265 e. The fourth-order valence-electron chi connectivity index (χ4n) is 3.85. The molecule has 1 atom stereocenters. The summed E-state index contributed by atoms with van der Waals surface area (Å²) in [5.74, 6) is 1.48. The highest BCUT2D eigenvalue weighted by Gasteiger charge is 2.33. The smallest absolute Gasteiger partial charge is 0.265 e. The molecule has 9 heteroatoms. The number of anilines is 1. The zero-order valence-corrected chi connectivity index (χ0v) is 19.5. The molecule has 0 spiro atoms. The standard InChI is InChI=1S/C24H24FNO6S/c1-15-11-18(25)6-10-24(15)33(27,28)26(19-7-9-21-23(13-19)32-14-31-21)16(2)17-5-8-20(29-3)22(12-17)30-4/h5-13,16H,14H2,1-4H3. The van der Waals surface area contributed by atoms with E-state index in [1.54, 1.807) is 50.2 Å². The normalized spacial score (nSPS) is 13.5. The van der Waals surface area contributed by atoms with Crippen molar-refractivity contribution in [2.24, 2.45) is 0 Å². The van der Waals surface area contributed by atoms with Gasteiger partial charge in [0.25, 0.3) is 10.0 Å². The molecule has 33 heavy (non-hydrogen) atoms. The highest BCUT2D eigenvalue weighted by Crippen LogP contribution is 2.41. The summed E-state index contributed by atoms with van der Waals surface area (Å²) >= 11 is 0. The molecular weight excluding hydrogens is 449 g/mol. The maximum absolute atomic E-state index is 13.9. The fourth-order valence-corrected chi connectivity index (χ4v) is 5.70. The first kappa shape index (κ1) is 22.7. The van der Waals surface area contributed by atoms with Crippen LogP contribution in [0.4, 0.5) is 10.1 Å². The Morgan fingerprint density at radius 3 is 2.36 bits per heavy atom. The molecule has 4 rings (SSSR count). The molecule has 0 fully saturated rings. The van der Waals surface area contributed by atoms with Gasteiger partial charge in [-0.15, -0.1) is 0 Å². The lowest BCUT2D eigenvalue weighted by molar-refractivity contribution is 0.174. The summed E-state index contributed by atoms with van der Waals surface area (Å²) < 4.78 is 64.4. The summed E-state index contributed by atoms with van der Waals surface area (Å²) in [6.07, 6.45) is 0. The molecule has 3 aromatic carbocycles. The molecule has 0 radical (unpaired) electrons. The van der Waals surface area contributed by atoms with Crippen LogP contribution in [0.1, 0.15) is 24.1 Å². The minimum Gasteiger partial charge on any atom is -0.493 e. The lowest BCUT2D eigenvalue weighted by Gasteiger charge is -2.32. The van der Waals surface area contributed by atoms with Crippen molar-refractivity contribution >= 4 is 15.7 Å². The van der Waals surface area contributed by atoms with E-state index in [1.807, 2.05) is 0 Å². The van der Waals surface area contributed by atoms with Crippen molar-refractivity contribution in [2.75, 3.05) is 25.3 Å². The van der Waals surface area contributed by atoms with E-state index in [9.17, 15) is 12.8 Å². The molecule has 0 saturated carbocycles. The number of sulfonamides is 1. The van der Waals surface area contributed by atoms with Gasteiger partial charge >= 0.3 is 0 Å². The molecular formula is C24H24FNO6S. The van der Waals surface area contributed by atoms with Gasteiger partial charge < -0.3 is 18.9 Å². The van der Waals surface area contributed by atoms with Crippen LogP contribution in [0.5, 0.6) is 23.0 Å². The first-order valence-electron chi connectivity index (χ1n) is 10.2. The van der Waals surface area contributed by atoms with E-state index >= 15 is 0 Å². The number of methoxy groups -OCH3 is 2. The Labute approximate surface area is 192 Å². The first-order valence-corrected chi connectivity index (χ1v) is 11.6. The van der Waals surface area contributed by atoms with Crippen molar-refractivity contribution in [2.45, 2.75) is 24.8 Å². The second-order valence-electron chi connectivity index (χ2n) is 7.54. The monoisotopic (exact) mass is 473 g/mol. The van der Waals surface area contributed by atoms with Crippen molar-refractivity contribution < 1.29 is 31.8 Å². The third-order valence-corrected chi connectivity index (χ3v) is 7.59. The molecule has 3 aromatic rings. The van der Waals surface area contributed by atoms with Crippen molar-refractivity contribution in [1.82, 2.24) is 0 Å². The quantitative estimate of drug-likeness (QED) is 0.489. The van der Waals surface area contributed by atoms with Gasteiger partial charge in [-0.2, -0.15) is 0 Å². The van der Waals surface area contributed by atoms with Gasteiger partial charge in [-0.1, -0.05) is 6.07 Å². The first-order chi connectivity index (χ1) is 15.8. The largest absolute Gasteiger partial charge is 0.493 e. The zero-order chi connectivity index (χ0) is 23.8. The molecule has 0 saturated heterocycles. The lowest BCUT2D eigenvalue weighted by atomic mass is 10.1. The molecule has 0 aliphatic carbocycles. The number of nitrogens with zero attached hydrogens (tertiary/aromatic N) is 1. The summed E-state index contributed by atoms with van der Waals surface area (Å²) in [6.45, 7) is 3.39. The van der Waals surface area contributed by atoms with Gasteiger partial charge in [0.15, 0.2) is 23.0 Å². The number of hydrogen-bond acceptors (Lipinski definition) is 6. The van der Waals surface area contributed by atoms with Gasteiger partial charge in [-0.3, -0.25) is 4.31 Å². The maximum atomic E-state index is 13.9. The van der Waals surface area contributed by atoms with E-state index in [2.05, 4.69) is 0 Å². The summed E-state index contributed by atoms with van der Waals surface area (Å²) in [5, 5.41) is 0. The SMILES string of the molecule is COc1ccc(C(C)N(c2ccc3c(c2)OCO3)S(=O)(=O)c2ccc(F)cc2C)cc1OC. The lowest BCUT2D eigenvalue weighted by Crippen LogP contribution is -2.34. The van der Waals surface area contributed by atoms with Gasteiger partial charge in [0.1, 0.15) is 5.82 Å². The van der Waals surface area contributed by atoms with E-state index in [-0.39, 0.29) is 11.7 Å². The summed E-state index contributed by atoms with van der Waals surface area (Å²) in [4.78, 5) is 0.00823. The Kier molecular flexibility index (Phi) is 6.07. The van der Waals surface area contributed by atoms with Crippen molar-refractivity contribution in [3.63, 3.8) is 0 Å². The molecule has 1 heterocycles. The molecule has 0 bridgehead atoms. The van der Waals surface area contributed by atoms with Gasteiger partial charge in [0, 0.05) is 6.07 Å². The summed E-state index contributed by atoms with van der Waals surface area (Å²) in [7, 11) is -1.06. The molecule has 1 unspecified atom stereocenters. The predicted molar refractivity (Wildman–Crippen MR) is 121 cm³/mol. The molecule has 7 nitrogen and oxygen atoms in total. The number of fused-ring (bicyclic) bond motifs is 1. The van der Waals surface area contributed by atoms with E-state index in [1.165, 1.54) is 30.7 Å². The fraction of sp³-hybridized carbons (Fsp3) is 0.250. The van der Waals surface area contributed by atoms with E-state index in [0.717, 1.165) is 6.07 Å². The zero-order valence-electron chi connectivity index (χ0n) is 18.7. The number of ether oxygens (including phenoxy) is 4. The van der Waals surface area contributed by atoms with Gasteiger partial charge in [-0.25, -0.2) is 12.8 Å². The van der Waals surface area contributed by atoms with Gasteiger partial charge in [-0.05, 0) is 67.4 Å². The number of rotatable bonds is 7. The van der Waals surface area contributed by atoms with Gasteiger partial charge in [0.05, 0.1) is 30.8 Å². The van der Waals surface area contributed by atoms with E-state index in [0.29, 0.717) is 39.8 Å². The van der Waals surface area contributed by atoms with Crippen LogP contribution in [0.15, 0.2) is 59.5 Å². The Hall–Kier alpha value is -3.46. The molecule has 174 valence electrons. The van der Waals surface area contributed by atoms with Gasteiger partial charge in [0.2, 0.25) is 6.79 Å². The molecule has 0 amide bonds. The van der Waals surface area contributed by atoms with Crippen molar-refractivity contribution in [1.29, 1.82) is 0 Å². The minimum absolute atomic E-state index is 0.00823. The number of halogens is 1. The molecule has 0 aromatic heterocycles. The second-order valence-corrected chi connectivity index (χ2v) is 9.32. The van der Waals surface area contributed by atoms with Crippen LogP contribution < -0.4 is 23.3 Å².